The van der Waals surface area contributed by atoms with Crippen molar-refractivity contribution in [3.8, 4) is 0 Å². The smallest absolute Gasteiger partial charge is 0.126 e. The molecule has 3 heteroatoms. The molecule has 0 radical (unpaired) electrons. The lowest BCUT2D eigenvalue weighted by molar-refractivity contribution is 0.144. The minimum atomic E-state index is -0.795. The summed E-state index contributed by atoms with van der Waals surface area (Å²) in [5, 5.41) is 10.5. The van der Waals surface area contributed by atoms with E-state index in [1.54, 1.807) is 0 Å². The molecular formula is C18H16F2O. The number of aliphatic hydroxyl groups is 1. The topological polar surface area (TPSA) is 20.2 Å². The highest BCUT2D eigenvalue weighted by molar-refractivity contribution is 5.41. The number of halogens is 2. The number of aliphatic hydroxyl groups excluding tert-OH is 1. The summed E-state index contributed by atoms with van der Waals surface area (Å²) in [6.07, 6.45) is 1.27. The molecule has 0 aromatic heterocycles. The Bertz CT molecular complexity index is 677. The van der Waals surface area contributed by atoms with E-state index in [1.165, 1.54) is 23.3 Å². The van der Waals surface area contributed by atoms with E-state index >= 15 is 0 Å². The van der Waals surface area contributed by atoms with Gasteiger partial charge in [0.1, 0.15) is 11.6 Å². The van der Waals surface area contributed by atoms with E-state index in [0.29, 0.717) is 17.4 Å². The molecule has 0 spiro atoms. The number of rotatable bonds is 2. The van der Waals surface area contributed by atoms with Gasteiger partial charge in [0.25, 0.3) is 0 Å². The summed E-state index contributed by atoms with van der Waals surface area (Å²) in [7, 11) is 0. The van der Waals surface area contributed by atoms with Crippen LogP contribution >= 0.6 is 0 Å². The molecule has 4 unspecified atom stereocenters. The molecule has 108 valence electrons. The van der Waals surface area contributed by atoms with Gasteiger partial charge >= 0.3 is 0 Å². The van der Waals surface area contributed by atoms with Gasteiger partial charge in [0.15, 0.2) is 0 Å². The summed E-state index contributed by atoms with van der Waals surface area (Å²) in [5.74, 6) is -0.423. The molecule has 2 aromatic rings. The van der Waals surface area contributed by atoms with Crippen molar-refractivity contribution in [1.29, 1.82) is 0 Å². The summed E-state index contributed by atoms with van der Waals surface area (Å²) in [6.45, 7) is 0. The van der Waals surface area contributed by atoms with Gasteiger partial charge in [-0.2, -0.15) is 0 Å². The molecule has 21 heavy (non-hydrogen) atoms. The fourth-order valence-corrected chi connectivity index (χ4v) is 4.02. The largest absolute Gasteiger partial charge is 0.388 e. The van der Waals surface area contributed by atoms with E-state index in [0.717, 1.165) is 18.9 Å². The summed E-state index contributed by atoms with van der Waals surface area (Å²) < 4.78 is 26.7. The van der Waals surface area contributed by atoms with Crippen LogP contribution in [0.1, 0.15) is 35.1 Å². The van der Waals surface area contributed by atoms with E-state index in [9.17, 15) is 13.9 Å². The average Bonchev–Trinajstić information content (AvgIpc) is 3.20. The number of benzene rings is 2. The first kappa shape index (κ1) is 13.0. The highest BCUT2D eigenvalue weighted by atomic mass is 19.1. The molecule has 0 amide bonds. The van der Waals surface area contributed by atoms with Gasteiger partial charge in [-0.05, 0) is 59.4 Å². The first-order chi connectivity index (χ1) is 10.1. The molecule has 4 atom stereocenters. The lowest BCUT2D eigenvalue weighted by Gasteiger charge is -2.13. The minimum Gasteiger partial charge on any atom is -0.388 e. The molecule has 2 aliphatic rings. The van der Waals surface area contributed by atoms with Crippen molar-refractivity contribution in [2.24, 2.45) is 11.8 Å². The van der Waals surface area contributed by atoms with Crippen molar-refractivity contribution >= 4 is 0 Å². The standard InChI is InChI=1S/C18H16F2O/c19-12-7-11(8-13(20)9-12)18(21)17-15-6-5-10-3-1-2-4-14(10)16(15)17/h1-4,7-9,15-18,21H,5-6H2. The van der Waals surface area contributed by atoms with Gasteiger partial charge in [-0.25, -0.2) is 8.78 Å². The predicted molar refractivity (Wildman–Crippen MR) is 75.8 cm³/mol. The van der Waals surface area contributed by atoms with Crippen LogP contribution in [0.25, 0.3) is 0 Å². The Balaban J connectivity index is 1.65. The van der Waals surface area contributed by atoms with Gasteiger partial charge in [0, 0.05) is 6.07 Å². The molecule has 0 heterocycles. The average molecular weight is 286 g/mol. The molecule has 2 aromatic carbocycles. The summed E-state index contributed by atoms with van der Waals surface area (Å²) in [6, 6.07) is 11.6. The monoisotopic (exact) mass is 286 g/mol. The van der Waals surface area contributed by atoms with Gasteiger partial charge in [-0.1, -0.05) is 24.3 Å². The van der Waals surface area contributed by atoms with Crippen LogP contribution in [0.4, 0.5) is 8.78 Å². The maximum absolute atomic E-state index is 13.3. The quantitative estimate of drug-likeness (QED) is 0.885. The second-order valence-electron chi connectivity index (χ2n) is 6.15. The molecule has 1 fully saturated rings. The van der Waals surface area contributed by atoms with Gasteiger partial charge in [-0.3, -0.25) is 0 Å². The summed E-state index contributed by atoms with van der Waals surface area (Å²) in [5.41, 5.74) is 3.00. The maximum atomic E-state index is 13.3. The Kier molecular flexibility index (Phi) is 2.86. The van der Waals surface area contributed by atoms with Crippen LogP contribution in [0.5, 0.6) is 0 Å². The fraction of sp³-hybridized carbons (Fsp3) is 0.333. The van der Waals surface area contributed by atoms with Gasteiger partial charge in [0.05, 0.1) is 6.10 Å². The number of hydrogen-bond acceptors (Lipinski definition) is 1. The molecule has 2 aliphatic carbocycles. The van der Waals surface area contributed by atoms with Crippen molar-refractivity contribution < 1.29 is 13.9 Å². The highest BCUT2D eigenvalue weighted by Gasteiger charge is 2.56. The van der Waals surface area contributed by atoms with Crippen LogP contribution in [0.2, 0.25) is 0 Å². The van der Waals surface area contributed by atoms with Crippen LogP contribution in [-0.4, -0.2) is 5.11 Å². The zero-order valence-electron chi connectivity index (χ0n) is 11.5. The molecule has 4 rings (SSSR count). The van der Waals surface area contributed by atoms with Crippen LogP contribution in [-0.2, 0) is 6.42 Å². The zero-order chi connectivity index (χ0) is 14.6. The van der Waals surface area contributed by atoms with E-state index < -0.39 is 17.7 Å². The van der Waals surface area contributed by atoms with Gasteiger partial charge in [-0.15, -0.1) is 0 Å². The molecule has 0 bridgehead atoms. The van der Waals surface area contributed by atoms with Crippen LogP contribution in [0.15, 0.2) is 42.5 Å². The van der Waals surface area contributed by atoms with E-state index in [2.05, 4.69) is 12.1 Å². The second kappa shape index (κ2) is 4.63. The fourth-order valence-electron chi connectivity index (χ4n) is 4.02. The van der Waals surface area contributed by atoms with Crippen molar-refractivity contribution in [2.75, 3.05) is 0 Å². The Morgan fingerprint density at radius 1 is 1.05 bits per heavy atom. The molecule has 0 aliphatic heterocycles. The summed E-state index contributed by atoms with van der Waals surface area (Å²) >= 11 is 0. The normalized spacial score (nSPS) is 27.7. The van der Waals surface area contributed by atoms with Gasteiger partial charge < -0.3 is 5.11 Å². The lowest BCUT2D eigenvalue weighted by atomic mass is 9.92. The molecule has 1 saturated carbocycles. The molecular weight excluding hydrogens is 270 g/mol. The zero-order valence-corrected chi connectivity index (χ0v) is 11.5. The van der Waals surface area contributed by atoms with E-state index in [4.69, 9.17) is 0 Å². The predicted octanol–water partition coefficient (Wildman–Crippen LogP) is 3.97. The highest BCUT2D eigenvalue weighted by Crippen LogP contribution is 2.64. The van der Waals surface area contributed by atoms with E-state index in [-0.39, 0.29) is 5.92 Å². The van der Waals surface area contributed by atoms with Crippen LogP contribution < -0.4 is 0 Å². The van der Waals surface area contributed by atoms with Crippen molar-refractivity contribution in [3.05, 3.63) is 70.8 Å². The number of hydrogen-bond donors (Lipinski definition) is 1. The lowest BCUT2D eigenvalue weighted by Crippen LogP contribution is -2.03. The number of aryl methyl sites for hydroxylation is 1. The first-order valence-corrected chi connectivity index (χ1v) is 7.37. The third-order valence-corrected chi connectivity index (χ3v) is 4.98. The Labute approximate surface area is 122 Å². The molecule has 1 nitrogen and oxygen atoms in total. The third kappa shape index (κ3) is 2.07. The SMILES string of the molecule is OC(c1cc(F)cc(F)c1)C1C2CCc3ccccc3C21. The Hall–Kier alpha value is -1.74. The number of fused-ring (bicyclic) bond motifs is 3. The first-order valence-electron chi connectivity index (χ1n) is 7.37. The molecule has 0 saturated heterocycles. The Morgan fingerprint density at radius 3 is 2.52 bits per heavy atom. The second-order valence-corrected chi connectivity index (χ2v) is 6.15. The maximum Gasteiger partial charge on any atom is 0.126 e. The third-order valence-electron chi connectivity index (χ3n) is 4.98. The van der Waals surface area contributed by atoms with Gasteiger partial charge in [0.2, 0.25) is 0 Å². The summed E-state index contributed by atoms with van der Waals surface area (Å²) in [4.78, 5) is 0. The van der Waals surface area contributed by atoms with Crippen molar-refractivity contribution in [2.45, 2.75) is 24.9 Å². The van der Waals surface area contributed by atoms with Crippen molar-refractivity contribution in [1.82, 2.24) is 0 Å². The molecule has 1 N–H and O–H groups in total. The van der Waals surface area contributed by atoms with Crippen LogP contribution in [0, 0.1) is 23.5 Å². The Morgan fingerprint density at radius 2 is 1.76 bits per heavy atom. The van der Waals surface area contributed by atoms with E-state index in [1.807, 2.05) is 12.1 Å². The van der Waals surface area contributed by atoms with Crippen molar-refractivity contribution in [3.63, 3.8) is 0 Å². The minimum absolute atomic E-state index is 0.0786. The van der Waals surface area contributed by atoms with Crippen LogP contribution in [0.3, 0.4) is 0 Å².